The molecule has 1 amide bonds. The topological polar surface area (TPSA) is 86.0 Å². The molecule has 31 heavy (non-hydrogen) atoms. The van der Waals surface area contributed by atoms with Gasteiger partial charge < -0.3 is 9.64 Å². The third kappa shape index (κ3) is 4.42. The maximum Gasteiger partial charge on any atom is 0.225 e. The van der Waals surface area contributed by atoms with Crippen molar-refractivity contribution in [2.45, 2.75) is 46.8 Å². The van der Waals surface area contributed by atoms with Gasteiger partial charge in [-0.3, -0.25) is 9.78 Å². The molecule has 0 spiro atoms. The van der Waals surface area contributed by atoms with Crippen molar-refractivity contribution in [3.05, 3.63) is 53.1 Å². The predicted molar refractivity (Wildman–Crippen MR) is 116 cm³/mol. The Hall–Kier alpha value is -3.29. The van der Waals surface area contributed by atoms with Crippen molar-refractivity contribution in [3.8, 4) is 17.1 Å². The largest absolute Gasteiger partial charge is 0.471 e. The lowest BCUT2D eigenvalue weighted by Gasteiger charge is -2.30. The Morgan fingerprint density at radius 2 is 2.06 bits per heavy atom. The lowest BCUT2D eigenvalue weighted by molar-refractivity contribution is -0.136. The van der Waals surface area contributed by atoms with Crippen LogP contribution in [0.4, 0.5) is 0 Å². The minimum Gasteiger partial charge on any atom is -0.471 e. The highest BCUT2D eigenvalue weighted by Gasteiger charge is 2.24. The Balaban J connectivity index is 1.46. The highest BCUT2D eigenvalue weighted by atomic mass is 16.5. The van der Waals surface area contributed by atoms with E-state index in [1.165, 1.54) is 5.56 Å². The molecule has 4 rings (SSSR count). The second-order valence-corrected chi connectivity index (χ2v) is 8.10. The Morgan fingerprint density at radius 3 is 2.81 bits per heavy atom. The molecule has 3 aromatic rings. The van der Waals surface area contributed by atoms with E-state index in [4.69, 9.17) is 4.74 Å². The fourth-order valence-corrected chi connectivity index (χ4v) is 3.69. The molecule has 4 heterocycles. The summed E-state index contributed by atoms with van der Waals surface area (Å²) in [6.45, 7) is 7.63. The lowest BCUT2D eigenvalue weighted by Crippen LogP contribution is -2.39. The first-order valence-corrected chi connectivity index (χ1v) is 10.7. The number of pyridine rings is 2. The van der Waals surface area contributed by atoms with Crippen LogP contribution in [0.15, 0.2) is 30.6 Å². The van der Waals surface area contributed by atoms with Crippen molar-refractivity contribution < 1.29 is 9.53 Å². The van der Waals surface area contributed by atoms with Crippen molar-refractivity contribution in [1.82, 2.24) is 29.9 Å². The Kier molecular flexibility index (Phi) is 5.97. The van der Waals surface area contributed by atoms with Gasteiger partial charge in [-0.1, -0.05) is 19.1 Å². The van der Waals surface area contributed by atoms with Crippen LogP contribution in [0.3, 0.4) is 0 Å². The van der Waals surface area contributed by atoms with Crippen LogP contribution in [-0.4, -0.2) is 42.3 Å². The van der Waals surface area contributed by atoms with Crippen LogP contribution in [0.2, 0.25) is 0 Å². The summed E-state index contributed by atoms with van der Waals surface area (Å²) in [4.78, 5) is 23.3. The fraction of sp³-hybridized carbons (Fsp3) is 0.435. The zero-order valence-electron chi connectivity index (χ0n) is 18.5. The van der Waals surface area contributed by atoms with Crippen LogP contribution < -0.4 is 4.74 Å². The van der Waals surface area contributed by atoms with Gasteiger partial charge in [-0.15, -0.1) is 5.10 Å². The molecule has 0 N–H and O–H groups in total. The van der Waals surface area contributed by atoms with Crippen LogP contribution in [0.25, 0.3) is 11.3 Å². The number of amides is 1. The molecule has 1 aliphatic rings. The molecule has 8 heteroatoms. The maximum atomic E-state index is 12.5. The number of nitrogens with zero attached hydrogens (tertiary/aromatic N) is 6. The minimum absolute atomic E-state index is 0.0579. The Bertz CT molecular complexity index is 1080. The number of carbonyl (C=O) groups excluding carboxylic acids is 1. The van der Waals surface area contributed by atoms with Crippen molar-refractivity contribution in [2.24, 2.45) is 13.0 Å². The SMILES string of the molecule is CCC(C)C(=O)N1CCc2cc(OCc3c(-c4ccc(C)nc4)nnn3C)ncc2C1. The number of fused-ring (bicyclic) bond motifs is 1. The second kappa shape index (κ2) is 8.83. The van der Waals surface area contributed by atoms with E-state index in [2.05, 4.69) is 20.3 Å². The summed E-state index contributed by atoms with van der Waals surface area (Å²) in [6, 6.07) is 5.92. The number of hydrogen-bond acceptors (Lipinski definition) is 6. The molecule has 8 nitrogen and oxygen atoms in total. The Labute approximate surface area is 182 Å². The zero-order chi connectivity index (χ0) is 22.0. The van der Waals surface area contributed by atoms with Gasteiger partial charge in [0.15, 0.2) is 0 Å². The van der Waals surface area contributed by atoms with Crippen molar-refractivity contribution in [3.63, 3.8) is 0 Å². The highest BCUT2D eigenvalue weighted by Crippen LogP contribution is 2.25. The van der Waals surface area contributed by atoms with Crippen molar-refractivity contribution >= 4 is 5.91 Å². The number of aryl methyl sites for hydroxylation is 2. The van der Waals surface area contributed by atoms with Gasteiger partial charge in [0.05, 0.1) is 0 Å². The summed E-state index contributed by atoms with van der Waals surface area (Å²) < 4.78 is 7.71. The number of carbonyl (C=O) groups is 1. The molecule has 0 saturated heterocycles. The number of ether oxygens (including phenoxy) is 1. The minimum atomic E-state index is 0.0579. The fourth-order valence-electron chi connectivity index (χ4n) is 3.69. The van der Waals surface area contributed by atoms with Crippen LogP contribution in [0.1, 0.15) is 42.8 Å². The van der Waals surface area contributed by atoms with E-state index in [9.17, 15) is 4.79 Å². The molecule has 0 radical (unpaired) electrons. The smallest absolute Gasteiger partial charge is 0.225 e. The second-order valence-electron chi connectivity index (χ2n) is 8.10. The van der Waals surface area contributed by atoms with Gasteiger partial charge in [0.25, 0.3) is 0 Å². The molecule has 0 aliphatic carbocycles. The first-order chi connectivity index (χ1) is 15.0. The van der Waals surface area contributed by atoms with Gasteiger partial charge in [0, 0.05) is 55.8 Å². The number of rotatable bonds is 6. The van der Waals surface area contributed by atoms with Crippen LogP contribution in [-0.2, 0) is 31.4 Å². The summed E-state index contributed by atoms with van der Waals surface area (Å²) in [5.74, 6) is 0.840. The van der Waals surface area contributed by atoms with E-state index in [-0.39, 0.29) is 11.8 Å². The molecule has 1 aliphatic heterocycles. The van der Waals surface area contributed by atoms with Gasteiger partial charge in [-0.05, 0) is 43.0 Å². The van der Waals surface area contributed by atoms with Crippen molar-refractivity contribution in [1.29, 1.82) is 0 Å². The molecule has 0 aromatic carbocycles. The average molecular weight is 421 g/mol. The van der Waals surface area contributed by atoms with E-state index in [1.807, 2.05) is 57.1 Å². The quantitative estimate of drug-likeness (QED) is 0.609. The van der Waals surface area contributed by atoms with Gasteiger partial charge in [0.1, 0.15) is 18.0 Å². The molecule has 162 valence electrons. The van der Waals surface area contributed by atoms with E-state index in [0.717, 1.165) is 47.6 Å². The molecule has 1 atom stereocenters. The van der Waals surface area contributed by atoms with Crippen LogP contribution >= 0.6 is 0 Å². The summed E-state index contributed by atoms with van der Waals surface area (Å²) >= 11 is 0. The maximum absolute atomic E-state index is 12.5. The molecular weight excluding hydrogens is 392 g/mol. The Morgan fingerprint density at radius 1 is 1.23 bits per heavy atom. The molecule has 3 aromatic heterocycles. The molecular formula is C23H28N6O2. The third-order valence-corrected chi connectivity index (χ3v) is 5.90. The summed E-state index contributed by atoms with van der Waals surface area (Å²) in [5, 5.41) is 8.42. The van der Waals surface area contributed by atoms with Crippen LogP contribution in [0.5, 0.6) is 5.88 Å². The van der Waals surface area contributed by atoms with Gasteiger partial charge in [-0.2, -0.15) is 0 Å². The summed E-state index contributed by atoms with van der Waals surface area (Å²) in [6.07, 6.45) is 5.29. The van der Waals surface area contributed by atoms with Gasteiger partial charge in [0.2, 0.25) is 11.8 Å². The van der Waals surface area contributed by atoms with Crippen LogP contribution in [0, 0.1) is 12.8 Å². The zero-order valence-corrected chi connectivity index (χ0v) is 18.5. The van der Waals surface area contributed by atoms with Gasteiger partial charge >= 0.3 is 0 Å². The monoisotopic (exact) mass is 420 g/mol. The summed E-state index contributed by atoms with van der Waals surface area (Å²) in [7, 11) is 1.85. The third-order valence-electron chi connectivity index (χ3n) is 5.90. The standard InChI is InChI=1S/C23H28N6O2/c1-5-15(2)23(30)29-9-8-17-10-21(25-12-19(17)13-29)31-14-20-22(26-27-28(20)4)18-7-6-16(3)24-11-18/h6-7,10-12,15H,5,8-9,13-14H2,1-4H3. The normalized spacial score (nSPS) is 14.3. The van der Waals surface area contributed by atoms with Crippen molar-refractivity contribution in [2.75, 3.05) is 6.54 Å². The van der Waals surface area contributed by atoms with E-state index in [1.54, 1.807) is 10.9 Å². The first kappa shape index (κ1) is 21.0. The first-order valence-electron chi connectivity index (χ1n) is 10.7. The number of hydrogen-bond donors (Lipinski definition) is 0. The summed E-state index contributed by atoms with van der Waals surface area (Å²) in [5.41, 5.74) is 5.74. The molecule has 1 unspecified atom stereocenters. The molecule has 0 saturated carbocycles. The molecule has 0 fully saturated rings. The van der Waals surface area contributed by atoms with Gasteiger partial charge in [-0.25, -0.2) is 9.67 Å². The number of aromatic nitrogens is 5. The van der Waals surface area contributed by atoms with E-state index < -0.39 is 0 Å². The predicted octanol–water partition coefficient (Wildman–Crippen LogP) is 3.09. The average Bonchev–Trinajstić information content (AvgIpc) is 3.16. The lowest BCUT2D eigenvalue weighted by atomic mass is 10.00. The molecule has 0 bridgehead atoms. The van der Waals surface area contributed by atoms with E-state index in [0.29, 0.717) is 19.0 Å². The van der Waals surface area contributed by atoms with E-state index >= 15 is 0 Å². The highest BCUT2D eigenvalue weighted by molar-refractivity contribution is 5.78.